The highest BCUT2D eigenvalue weighted by molar-refractivity contribution is 5.95. The molecule has 0 fully saturated rings. The van der Waals surface area contributed by atoms with Crippen molar-refractivity contribution in [1.29, 1.82) is 0 Å². The fourth-order valence-corrected chi connectivity index (χ4v) is 6.00. The number of methoxy groups -OCH3 is 2. The summed E-state index contributed by atoms with van der Waals surface area (Å²) < 4.78 is 19.5. The first-order chi connectivity index (χ1) is 20.2. The fourth-order valence-electron chi connectivity index (χ4n) is 6.00. The highest BCUT2D eigenvalue weighted by Gasteiger charge is 2.35. The Morgan fingerprint density at radius 2 is 1.49 bits per heavy atom. The van der Waals surface area contributed by atoms with Gasteiger partial charge in [-0.25, -0.2) is 14.5 Å². The summed E-state index contributed by atoms with van der Waals surface area (Å²) in [6.07, 6.45) is 1.67. The Bertz CT molecular complexity index is 2130. The number of fused-ring (bicyclic) bond motifs is 7. The average Bonchev–Trinajstić information content (AvgIpc) is 3.47. The van der Waals surface area contributed by atoms with Crippen LogP contribution in [0.1, 0.15) is 22.6 Å². The molecular weight excluding hydrogens is 512 g/mol. The maximum atomic E-state index is 6.48. The molecule has 8 rings (SSSR count). The van der Waals surface area contributed by atoms with Crippen LogP contribution < -0.4 is 14.2 Å². The van der Waals surface area contributed by atoms with Gasteiger partial charge in [0.25, 0.3) is 0 Å². The summed E-state index contributed by atoms with van der Waals surface area (Å²) in [5.74, 6) is 2.97. The molecule has 7 aromatic rings. The highest BCUT2D eigenvalue weighted by atomic mass is 16.5. The minimum Gasteiger partial charge on any atom is -0.493 e. The number of rotatable bonds is 4. The van der Waals surface area contributed by atoms with E-state index in [1.165, 1.54) is 0 Å². The van der Waals surface area contributed by atoms with Gasteiger partial charge in [-0.05, 0) is 45.3 Å². The van der Waals surface area contributed by atoms with E-state index in [1.807, 2.05) is 42.5 Å². The predicted octanol–water partition coefficient (Wildman–Crippen LogP) is 7.40. The molecule has 0 N–H and O–H groups in total. The molecule has 5 aromatic carbocycles. The lowest BCUT2D eigenvalue weighted by molar-refractivity contribution is 0.354. The number of hydrogen-bond acceptors (Lipinski definition) is 6. The van der Waals surface area contributed by atoms with Gasteiger partial charge in [0, 0.05) is 17.0 Å². The molecule has 0 spiro atoms. The van der Waals surface area contributed by atoms with Crippen molar-refractivity contribution in [2.24, 2.45) is 0 Å². The summed E-state index contributed by atoms with van der Waals surface area (Å²) in [5, 5.41) is 9.35. The third-order valence-corrected chi connectivity index (χ3v) is 7.87. The zero-order chi connectivity index (χ0) is 27.5. The molecule has 0 saturated carbocycles. The zero-order valence-corrected chi connectivity index (χ0v) is 22.4. The number of aromatic nitrogens is 4. The van der Waals surface area contributed by atoms with Gasteiger partial charge in [-0.15, -0.1) is 5.10 Å². The number of nitrogens with zero attached hydrogens (tertiary/aromatic N) is 4. The number of ether oxygens (including phenoxy) is 3. The van der Waals surface area contributed by atoms with E-state index in [9.17, 15) is 0 Å². The molecule has 1 aliphatic heterocycles. The van der Waals surface area contributed by atoms with Gasteiger partial charge in [0.2, 0.25) is 5.88 Å². The molecule has 2 aromatic heterocycles. The lowest BCUT2D eigenvalue weighted by Gasteiger charge is -2.29. The normalized spacial score (nSPS) is 14.0. The minimum atomic E-state index is -0.250. The molecule has 0 saturated heterocycles. The Labute approximate surface area is 235 Å². The van der Waals surface area contributed by atoms with Crippen molar-refractivity contribution in [3.8, 4) is 34.5 Å². The van der Waals surface area contributed by atoms with Gasteiger partial charge in [0.1, 0.15) is 12.1 Å². The smallest absolute Gasteiger partial charge is 0.228 e. The molecule has 0 radical (unpaired) electrons. The van der Waals surface area contributed by atoms with Crippen LogP contribution in [0.5, 0.6) is 23.1 Å². The molecule has 0 unspecified atom stereocenters. The third-order valence-electron chi connectivity index (χ3n) is 7.87. The first kappa shape index (κ1) is 23.5. The van der Waals surface area contributed by atoms with Crippen molar-refractivity contribution in [2.45, 2.75) is 5.92 Å². The summed E-state index contributed by atoms with van der Waals surface area (Å²) >= 11 is 0. The third kappa shape index (κ3) is 3.55. The lowest BCUT2D eigenvalue weighted by Crippen LogP contribution is -2.15. The van der Waals surface area contributed by atoms with Crippen molar-refractivity contribution in [3.05, 3.63) is 120 Å². The second-order valence-electron chi connectivity index (χ2n) is 10.0. The number of benzene rings is 5. The largest absolute Gasteiger partial charge is 0.493 e. The standard InChI is InChI=1S/C34H24N4O3/c1-39-26-16-15-22(18-28(26)40-2)29-30-24-12-6-4-9-21(24)14-17-27(30)41-34-31(29)33-36-32(37-38(33)19-35-34)25-13-7-10-20-8-3-5-11-23(20)25/h3-19,29H,1-2H3/t29-/m0/s1. The molecular formula is C34H24N4O3. The molecule has 3 heterocycles. The van der Waals surface area contributed by atoms with Gasteiger partial charge >= 0.3 is 0 Å². The van der Waals surface area contributed by atoms with E-state index in [2.05, 4.69) is 54.6 Å². The van der Waals surface area contributed by atoms with Crippen molar-refractivity contribution in [1.82, 2.24) is 19.6 Å². The molecule has 0 aliphatic carbocycles. The van der Waals surface area contributed by atoms with E-state index in [0.717, 1.165) is 49.5 Å². The molecule has 1 aliphatic rings. The van der Waals surface area contributed by atoms with Gasteiger partial charge in [-0.1, -0.05) is 78.9 Å². The molecule has 7 heteroatoms. The lowest BCUT2D eigenvalue weighted by atomic mass is 9.81. The summed E-state index contributed by atoms with van der Waals surface area (Å²) in [4.78, 5) is 9.86. The summed E-state index contributed by atoms with van der Waals surface area (Å²) in [6, 6.07) is 32.9. The predicted molar refractivity (Wildman–Crippen MR) is 158 cm³/mol. The molecule has 198 valence electrons. The molecule has 0 amide bonds. The van der Waals surface area contributed by atoms with Crippen LogP contribution in [-0.2, 0) is 0 Å². The van der Waals surface area contributed by atoms with Crippen LogP contribution >= 0.6 is 0 Å². The summed E-state index contributed by atoms with van der Waals surface area (Å²) in [7, 11) is 3.29. The van der Waals surface area contributed by atoms with Crippen molar-refractivity contribution in [2.75, 3.05) is 14.2 Å². The van der Waals surface area contributed by atoms with E-state index >= 15 is 0 Å². The van der Waals surface area contributed by atoms with Crippen molar-refractivity contribution in [3.63, 3.8) is 0 Å². The average molecular weight is 537 g/mol. The Kier molecular flexibility index (Phi) is 5.18. The summed E-state index contributed by atoms with van der Waals surface area (Å²) in [5.41, 5.74) is 4.56. The Balaban J connectivity index is 1.43. The Morgan fingerprint density at radius 1 is 0.732 bits per heavy atom. The molecule has 7 nitrogen and oxygen atoms in total. The number of hydrogen-bond donors (Lipinski definition) is 0. The van der Waals surface area contributed by atoms with Crippen LogP contribution in [0.4, 0.5) is 0 Å². The van der Waals surface area contributed by atoms with Gasteiger partial charge < -0.3 is 14.2 Å². The SMILES string of the molecule is COc1ccc([C@H]2c3c(ccc4ccccc34)Oc3ncn4nc(-c5cccc6ccccc56)nc4c32)cc1OC. The van der Waals surface area contributed by atoms with Gasteiger partial charge in [0.15, 0.2) is 23.0 Å². The first-order valence-corrected chi connectivity index (χ1v) is 13.4. The second kappa shape index (κ2) is 9.06. The fraction of sp³-hybridized carbons (Fsp3) is 0.0882. The van der Waals surface area contributed by atoms with Crippen LogP contribution in [0.2, 0.25) is 0 Å². The monoisotopic (exact) mass is 536 g/mol. The first-order valence-electron chi connectivity index (χ1n) is 13.4. The van der Waals surface area contributed by atoms with Crippen LogP contribution in [0.3, 0.4) is 0 Å². The van der Waals surface area contributed by atoms with Crippen LogP contribution in [-0.4, -0.2) is 33.8 Å². The van der Waals surface area contributed by atoms with E-state index in [-0.39, 0.29) is 5.92 Å². The van der Waals surface area contributed by atoms with Crippen LogP contribution in [0.15, 0.2) is 103 Å². The molecule has 41 heavy (non-hydrogen) atoms. The van der Waals surface area contributed by atoms with Gasteiger partial charge in [-0.2, -0.15) is 0 Å². The van der Waals surface area contributed by atoms with E-state index in [0.29, 0.717) is 28.9 Å². The van der Waals surface area contributed by atoms with E-state index < -0.39 is 0 Å². The Hall–Kier alpha value is -5.43. The van der Waals surface area contributed by atoms with Crippen LogP contribution in [0, 0.1) is 0 Å². The maximum Gasteiger partial charge on any atom is 0.228 e. The van der Waals surface area contributed by atoms with E-state index in [1.54, 1.807) is 25.1 Å². The van der Waals surface area contributed by atoms with Gasteiger partial charge in [0.05, 0.1) is 19.8 Å². The quantitative estimate of drug-likeness (QED) is 0.233. The highest BCUT2D eigenvalue weighted by Crippen LogP contribution is 2.51. The topological polar surface area (TPSA) is 70.8 Å². The second-order valence-corrected chi connectivity index (χ2v) is 10.0. The van der Waals surface area contributed by atoms with Crippen LogP contribution in [0.25, 0.3) is 38.6 Å². The zero-order valence-electron chi connectivity index (χ0n) is 22.4. The Morgan fingerprint density at radius 3 is 2.32 bits per heavy atom. The van der Waals surface area contributed by atoms with E-state index in [4.69, 9.17) is 29.3 Å². The minimum absolute atomic E-state index is 0.250. The van der Waals surface area contributed by atoms with Gasteiger partial charge in [-0.3, -0.25) is 0 Å². The summed E-state index contributed by atoms with van der Waals surface area (Å²) in [6.45, 7) is 0. The molecule has 1 atom stereocenters. The maximum absolute atomic E-state index is 6.48. The molecule has 0 bridgehead atoms. The van der Waals surface area contributed by atoms with Crippen molar-refractivity contribution < 1.29 is 14.2 Å². The van der Waals surface area contributed by atoms with Crippen molar-refractivity contribution >= 4 is 27.2 Å².